The summed E-state index contributed by atoms with van der Waals surface area (Å²) in [6.07, 6.45) is 50.4. The van der Waals surface area contributed by atoms with Crippen LogP contribution in [0.3, 0.4) is 0 Å². The van der Waals surface area contributed by atoms with Crippen molar-refractivity contribution < 1.29 is 39.8 Å². The Bertz CT molecular complexity index is 1130. The standard InChI is InChI=1S/C54H99NO8/c1-3-5-7-9-11-13-15-17-18-19-20-21-22-23-24-25-26-27-28-29-30-32-33-35-37-39-41-43-48(57)47(46-62-54-53(61)52(60)51(59)49(45-56)63-54)55-50(58)44-42-40-38-36-34-31-16-14-12-10-8-6-4-2/h8,10,14,16,33,35,41,43,47-49,51-54,56-57,59-61H,3-7,9,11-13,15,17-32,34,36-40,42,44-46H2,1-2H3,(H,55,58)/b10-8-,16-14-,35-33+,43-41+. The lowest BCUT2D eigenvalue weighted by Crippen LogP contribution is -2.60. The van der Waals surface area contributed by atoms with Gasteiger partial charge in [0.1, 0.15) is 24.4 Å². The summed E-state index contributed by atoms with van der Waals surface area (Å²) in [6.45, 7) is 3.69. The van der Waals surface area contributed by atoms with E-state index in [0.717, 1.165) is 70.6 Å². The first kappa shape index (κ1) is 59.2. The fraction of sp³-hybridized carbons (Fsp3) is 0.833. The van der Waals surface area contributed by atoms with E-state index in [1.165, 1.54) is 141 Å². The molecule has 7 atom stereocenters. The molecule has 1 rings (SSSR count). The lowest BCUT2D eigenvalue weighted by Gasteiger charge is -2.40. The zero-order valence-electron chi connectivity index (χ0n) is 40.6. The summed E-state index contributed by atoms with van der Waals surface area (Å²) in [5, 5.41) is 54.3. The number of carbonyl (C=O) groups is 1. The quantitative estimate of drug-likeness (QED) is 0.0262. The zero-order valence-corrected chi connectivity index (χ0v) is 40.6. The lowest BCUT2D eigenvalue weighted by molar-refractivity contribution is -0.302. The third kappa shape index (κ3) is 34.2. The van der Waals surface area contributed by atoms with Crippen molar-refractivity contribution in [3.8, 4) is 0 Å². The molecule has 0 aromatic carbocycles. The third-order valence-electron chi connectivity index (χ3n) is 12.4. The SMILES string of the molecule is CCC/C=C\C/C=C\CCCCCCCC(=O)NC(COC1OC(CO)C(O)C(O)C1O)C(O)/C=C/CC/C=C/CCCCCCCCCCCCCCCCCCCCCCC. The first-order valence-corrected chi connectivity index (χ1v) is 26.4. The Morgan fingerprint density at radius 3 is 1.49 bits per heavy atom. The van der Waals surface area contributed by atoms with E-state index in [0.29, 0.717) is 6.42 Å². The number of nitrogens with one attached hydrogen (secondary N) is 1. The van der Waals surface area contributed by atoms with Crippen molar-refractivity contribution in [3.05, 3.63) is 48.6 Å². The van der Waals surface area contributed by atoms with Crippen molar-refractivity contribution in [2.75, 3.05) is 13.2 Å². The minimum atomic E-state index is -1.58. The van der Waals surface area contributed by atoms with Crippen LogP contribution in [0.1, 0.15) is 232 Å². The zero-order chi connectivity index (χ0) is 45.9. The highest BCUT2D eigenvalue weighted by Gasteiger charge is 2.44. The molecule has 1 aliphatic heterocycles. The van der Waals surface area contributed by atoms with Gasteiger partial charge in [0, 0.05) is 6.42 Å². The highest BCUT2D eigenvalue weighted by atomic mass is 16.7. The van der Waals surface area contributed by atoms with E-state index in [1.54, 1.807) is 6.08 Å². The van der Waals surface area contributed by atoms with Gasteiger partial charge in [-0.2, -0.15) is 0 Å². The first-order valence-electron chi connectivity index (χ1n) is 26.4. The number of aliphatic hydroxyl groups excluding tert-OH is 5. The molecule has 0 aromatic rings. The average molecular weight is 890 g/mol. The summed E-state index contributed by atoms with van der Waals surface area (Å²) in [5.41, 5.74) is 0. The van der Waals surface area contributed by atoms with Crippen LogP contribution in [0.5, 0.6) is 0 Å². The number of hydrogen-bond acceptors (Lipinski definition) is 8. The van der Waals surface area contributed by atoms with Gasteiger partial charge < -0.3 is 40.3 Å². The molecule has 0 aromatic heterocycles. The van der Waals surface area contributed by atoms with Gasteiger partial charge in [-0.3, -0.25) is 4.79 Å². The van der Waals surface area contributed by atoms with Crippen LogP contribution < -0.4 is 5.32 Å². The molecular formula is C54H99NO8. The second-order valence-corrected chi connectivity index (χ2v) is 18.3. The predicted molar refractivity (Wildman–Crippen MR) is 263 cm³/mol. The fourth-order valence-electron chi connectivity index (χ4n) is 8.15. The minimum absolute atomic E-state index is 0.202. The molecule has 1 amide bonds. The summed E-state index contributed by atoms with van der Waals surface area (Å²) >= 11 is 0. The van der Waals surface area contributed by atoms with Crippen molar-refractivity contribution >= 4 is 5.91 Å². The van der Waals surface area contributed by atoms with Crippen LogP contribution in [-0.2, 0) is 14.3 Å². The molecule has 9 nitrogen and oxygen atoms in total. The molecule has 7 unspecified atom stereocenters. The maximum Gasteiger partial charge on any atom is 0.220 e. The van der Waals surface area contributed by atoms with Crippen LogP contribution in [0.2, 0.25) is 0 Å². The minimum Gasteiger partial charge on any atom is -0.394 e. The van der Waals surface area contributed by atoms with Gasteiger partial charge in [0.15, 0.2) is 6.29 Å². The van der Waals surface area contributed by atoms with E-state index in [2.05, 4.69) is 55.6 Å². The van der Waals surface area contributed by atoms with Crippen molar-refractivity contribution in [3.63, 3.8) is 0 Å². The summed E-state index contributed by atoms with van der Waals surface area (Å²) < 4.78 is 11.2. The Balaban J connectivity index is 2.25. The summed E-state index contributed by atoms with van der Waals surface area (Å²) in [7, 11) is 0. The van der Waals surface area contributed by atoms with Crippen LogP contribution in [0.4, 0.5) is 0 Å². The Morgan fingerprint density at radius 1 is 0.540 bits per heavy atom. The van der Waals surface area contributed by atoms with Gasteiger partial charge in [0.2, 0.25) is 5.91 Å². The van der Waals surface area contributed by atoms with Crippen LogP contribution >= 0.6 is 0 Å². The highest BCUT2D eigenvalue weighted by molar-refractivity contribution is 5.76. The molecule has 9 heteroatoms. The molecule has 0 radical (unpaired) electrons. The molecule has 0 spiro atoms. The van der Waals surface area contributed by atoms with E-state index in [4.69, 9.17) is 9.47 Å². The highest BCUT2D eigenvalue weighted by Crippen LogP contribution is 2.23. The second-order valence-electron chi connectivity index (χ2n) is 18.3. The largest absolute Gasteiger partial charge is 0.394 e. The number of aliphatic hydroxyl groups is 5. The van der Waals surface area contributed by atoms with Gasteiger partial charge in [-0.15, -0.1) is 0 Å². The third-order valence-corrected chi connectivity index (χ3v) is 12.4. The number of allylic oxidation sites excluding steroid dienone is 7. The van der Waals surface area contributed by atoms with Gasteiger partial charge in [-0.1, -0.05) is 217 Å². The van der Waals surface area contributed by atoms with Gasteiger partial charge >= 0.3 is 0 Å². The second kappa shape index (κ2) is 44.0. The van der Waals surface area contributed by atoms with Crippen molar-refractivity contribution in [1.29, 1.82) is 0 Å². The van der Waals surface area contributed by atoms with Crippen molar-refractivity contribution in [2.24, 2.45) is 0 Å². The molecule has 368 valence electrons. The van der Waals surface area contributed by atoms with Gasteiger partial charge in [-0.05, 0) is 57.8 Å². The monoisotopic (exact) mass is 890 g/mol. The number of rotatable bonds is 44. The predicted octanol–water partition coefficient (Wildman–Crippen LogP) is 12.2. The van der Waals surface area contributed by atoms with E-state index in [1.807, 2.05) is 6.08 Å². The van der Waals surface area contributed by atoms with E-state index in [-0.39, 0.29) is 12.5 Å². The van der Waals surface area contributed by atoms with E-state index in [9.17, 15) is 30.3 Å². The number of unbranched alkanes of at least 4 members (excludes halogenated alkanes) is 28. The van der Waals surface area contributed by atoms with Gasteiger partial charge in [0.05, 0.1) is 25.4 Å². The molecule has 1 heterocycles. The van der Waals surface area contributed by atoms with Gasteiger partial charge in [0.25, 0.3) is 0 Å². The summed E-state index contributed by atoms with van der Waals surface area (Å²) in [6, 6.07) is -0.829. The van der Waals surface area contributed by atoms with E-state index < -0.39 is 49.5 Å². The smallest absolute Gasteiger partial charge is 0.220 e. The molecule has 63 heavy (non-hydrogen) atoms. The molecular weight excluding hydrogens is 791 g/mol. The molecule has 0 aliphatic carbocycles. The van der Waals surface area contributed by atoms with Crippen LogP contribution in [0.25, 0.3) is 0 Å². The number of carbonyl (C=O) groups excluding carboxylic acids is 1. The Hall–Kier alpha value is -1.85. The number of ether oxygens (including phenoxy) is 2. The average Bonchev–Trinajstić information content (AvgIpc) is 3.28. The number of amides is 1. The molecule has 1 aliphatic rings. The number of hydrogen-bond donors (Lipinski definition) is 6. The van der Waals surface area contributed by atoms with Crippen LogP contribution in [0.15, 0.2) is 48.6 Å². The summed E-state index contributed by atoms with van der Waals surface area (Å²) in [4.78, 5) is 13.0. The first-order chi connectivity index (χ1) is 30.8. The molecule has 1 saturated heterocycles. The van der Waals surface area contributed by atoms with Crippen LogP contribution in [-0.4, -0.2) is 87.5 Å². The molecule has 1 fully saturated rings. The lowest BCUT2D eigenvalue weighted by atomic mass is 9.99. The maximum atomic E-state index is 13.0. The van der Waals surface area contributed by atoms with Crippen LogP contribution in [0, 0.1) is 0 Å². The van der Waals surface area contributed by atoms with Crippen molar-refractivity contribution in [1.82, 2.24) is 5.32 Å². The Kier molecular flexibility index (Phi) is 41.3. The molecule has 0 bridgehead atoms. The Morgan fingerprint density at radius 2 is 0.984 bits per heavy atom. The molecule has 0 saturated carbocycles. The summed E-state index contributed by atoms with van der Waals surface area (Å²) in [5.74, 6) is -0.202. The molecule has 6 N–H and O–H groups in total. The van der Waals surface area contributed by atoms with Crippen molar-refractivity contribution in [2.45, 2.75) is 275 Å². The fourth-order valence-corrected chi connectivity index (χ4v) is 8.15. The van der Waals surface area contributed by atoms with E-state index >= 15 is 0 Å². The Labute approximate surface area is 386 Å². The maximum absolute atomic E-state index is 13.0. The topological polar surface area (TPSA) is 149 Å². The normalized spacial score (nSPS) is 20.5. The van der Waals surface area contributed by atoms with Gasteiger partial charge in [-0.25, -0.2) is 0 Å².